The van der Waals surface area contributed by atoms with E-state index >= 15 is 0 Å². The standard InChI is InChI=1S/C13H19N3O2/c1-9-10(5-4-6-11(9)14)13(18)16(3)8-7-12(17)15-2/h4-6H,7-8,14H2,1-3H3,(H,15,17). The number of nitrogen functional groups attached to an aromatic ring is 1. The number of anilines is 1. The number of benzene rings is 1. The molecule has 5 nitrogen and oxygen atoms in total. The molecule has 0 aliphatic rings. The van der Waals surface area contributed by atoms with Crippen LogP contribution in [0.25, 0.3) is 0 Å². The SMILES string of the molecule is CNC(=O)CCN(C)C(=O)c1cccc(N)c1C. The van der Waals surface area contributed by atoms with Gasteiger partial charge in [-0.2, -0.15) is 0 Å². The molecule has 0 radical (unpaired) electrons. The van der Waals surface area contributed by atoms with Crippen molar-refractivity contribution in [2.75, 3.05) is 26.4 Å². The summed E-state index contributed by atoms with van der Waals surface area (Å²) < 4.78 is 0. The van der Waals surface area contributed by atoms with E-state index in [0.29, 0.717) is 24.2 Å². The van der Waals surface area contributed by atoms with E-state index in [4.69, 9.17) is 5.73 Å². The van der Waals surface area contributed by atoms with Crippen LogP contribution in [-0.4, -0.2) is 37.4 Å². The highest BCUT2D eigenvalue weighted by Crippen LogP contribution is 2.16. The maximum Gasteiger partial charge on any atom is 0.253 e. The number of nitrogens with zero attached hydrogens (tertiary/aromatic N) is 1. The van der Waals surface area contributed by atoms with Crippen molar-refractivity contribution in [3.63, 3.8) is 0 Å². The molecule has 1 rings (SSSR count). The third kappa shape index (κ3) is 3.23. The van der Waals surface area contributed by atoms with Crippen LogP contribution < -0.4 is 11.1 Å². The average Bonchev–Trinajstić information content (AvgIpc) is 2.37. The van der Waals surface area contributed by atoms with Crippen LogP contribution in [-0.2, 0) is 4.79 Å². The summed E-state index contributed by atoms with van der Waals surface area (Å²) in [6.45, 7) is 2.20. The number of carbonyl (C=O) groups excluding carboxylic acids is 2. The number of nitrogens with two attached hydrogens (primary N) is 1. The van der Waals surface area contributed by atoms with Crippen molar-refractivity contribution in [1.29, 1.82) is 0 Å². The summed E-state index contributed by atoms with van der Waals surface area (Å²) in [7, 11) is 3.25. The highest BCUT2D eigenvalue weighted by Gasteiger charge is 2.15. The third-order valence-electron chi connectivity index (χ3n) is 2.91. The largest absolute Gasteiger partial charge is 0.398 e. The molecule has 0 unspecified atom stereocenters. The summed E-state index contributed by atoms with van der Waals surface area (Å²) in [5.41, 5.74) is 7.72. The molecule has 0 saturated heterocycles. The number of hydrogen-bond donors (Lipinski definition) is 2. The van der Waals surface area contributed by atoms with Crippen molar-refractivity contribution < 1.29 is 9.59 Å². The zero-order valence-electron chi connectivity index (χ0n) is 11.0. The number of nitrogens with one attached hydrogen (secondary N) is 1. The molecular weight excluding hydrogens is 230 g/mol. The predicted molar refractivity (Wildman–Crippen MR) is 71.2 cm³/mol. The Labute approximate surface area is 107 Å². The minimum absolute atomic E-state index is 0.0843. The second-order valence-electron chi connectivity index (χ2n) is 4.17. The van der Waals surface area contributed by atoms with E-state index in [1.54, 1.807) is 32.3 Å². The fraction of sp³-hybridized carbons (Fsp3) is 0.385. The summed E-state index contributed by atoms with van der Waals surface area (Å²) in [5.74, 6) is -0.206. The molecule has 0 spiro atoms. The maximum absolute atomic E-state index is 12.2. The van der Waals surface area contributed by atoms with Crippen LogP contribution in [0.3, 0.4) is 0 Å². The molecule has 0 fully saturated rings. The zero-order valence-corrected chi connectivity index (χ0v) is 11.0. The number of carbonyl (C=O) groups is 2. The van der Waals surface area contributed by atoms with Crippen LogP contribution >= 0.6 is 0 Å². The Hall–Kier alpha value is -2.04. The quantitative estimate of drug-likeness (QED) is 0.774. The molecule has 1 aromatic rings. The van der Waals surface area contributed by atoms with E-state index < -0.39 is 0 Å². The molecule has 98 valence electrons. The van der Waals surface area contributed by atoms with Gasteiger partial charge in [-0.05, 0) is 24.6 Å². The van der Waals surface area contributed by atoms with Gasteiger partial charge in [0.1, 0.15) is 0 Å². The van der Waals surface area contributed by atoms with Gasteiger partial charge in [-0.3, -0.25) is 9.59 Å². The van der Waals surface area contributed by atoms with E-state index in [1.807, 2.05) is 6.92 Å². The fourth-order valence-corrected chi connectivity index (χ4v) is 1.59. The normalized spacial score (nSPS) is 9.94. The molecule has 0 heterocycles. The number of amides is 2. The first-order valence-corrected chi connectivity index (χ1v) is 5.78. The molecule has 0 aliphatic heterocycles. The fourth-order valence-electron chi connectivity index (χ4n) is 1.59. The van der Waals surface area contributed by atoms with Crippen molar-refractivity contribution in [1.82, 2.24) is 10.2 Å². The Bertz CT molecular complexity index is 458. The average molecular weight is 249 g/mol. The first-order valence-electron chi connectivity index (χ1n) is 5.78. The topological polar surface area (TPSA) is 75.4 Å². The Morgan fingerprint density at radius 3 is 2.67 bits per heavy atom. The van der Waals surface area contributed by atoms with Gasteiger partial charge in [0.2, 0.25) is 5.91 Å². The Balaban J connectivity index is 2.74. The zero-order chi connectivity index (χ0) is 13.7. The monoisotopic (exact) mass is 249 g/mol. The van der Waals surface area contributed by atoms with Crippen LogP contribution in [0.4, 0.5) is 5.69 Å². The highest BCUT2D eigenvalue weighted by molar-refractivity contribution is 5.96. The number of rotatable bonds is 4. The Morgan fingerprint density at radius 1 is 1.39 bits per heavy atom. The van der Waals surface area contributed by atoms with Crippen LogP contribution in [0.2, 0.25) is 0 Å². The summed E-state index contributed by atoms with van der Waals surface area (Å²) in [6.07, 6.45) is 0.292. The van der Waals surface area contributed by atoms with Crippen molar-refractivity contribution in [2.24, 2.45) is 0 Å². The molecule has 0 saturated carbocycles. The summed E-state index contributed by atoms with van der Waals surface area (Å²) in [4.78, 5) is 24.8. The van der Waals surface area contributed by atoms with E-state index in [1.165, 1.54) is 4.90 Å². The molecular formula is C13H19N3O2. The second-order valence-corrected chi connectivity index (χ2v) is 4.17. The van der Waals surface area contributed by atoms with Gasteiger partial charge in [0.25, 0.3) is 5.91 Å². The van der Waals surface area contributed by atoms with Gasteiger partial charge in [0.05, 0.1) is 0 Å². The van der Waals surface area contributed by atoms with Gasteiger partial charge >= 0.3 is 0 Å². The Morgan fingerprint density at radius 2 is 2.06 bits per heavy atom. The third-order valence-corrected chi connectivity index (χ3v) is 2.91. The summed E-state index contributed by atoms with van der Waals surface area (Å²) in [6, 6.07) is 5.25. The van der Waals surface area contributed by atoms with Gasteiger partial charge in [-0.1, -0.05) is 6.07 Å². The minimum Gasteiger partial charge on any atom is -0.398 e. The molecule has 1 aromatic carbocycles. The lowest BCUT2D eigenvalue weighted by molar-refractivity contribution is -0.120. The molecule has 0 bridgehead atoms. The summed E-state index contributed by atoms with van der Waals surface area (Å²) >= 11 is 0. The van der Waals surface area contributed by atoms with Crippen LogP contribution in [0.15, 0.2) is 18.2 Å². The first kappa shape index (κ1) is 14.0. The minimum atomic E-state index is -0.122. The van der Waals surface area contributed by atoms with Gasteiger partial charge < -0.3 is 16.0 Å². The molecule has 18 heavy (non-hydrogen) atoms. The highest BCUT2D eigenvalue weighted by atomic mass is 16.2. The maximum atomic E-state index is 12.2. The van der Waals surface area contributed by atoms with Gasteiger partial charge in [0, 0.05) is 38.3 Å². The molecule has 2 amide bonds. The van der Waals surface area contributed by atoms with Gasteiger partial charge in [-0.15, -0.1) is 0 Å². The lowest BCUT2D eigenvalue weighted by Crippen LogP contribution is -2.31. The molecule has 0 aliphatic carbocycles. The smallest absolute Gasteiger partial charge is 0.253 e. The van der Waals surface area contributed by atoms with Crippen LogP contribution in [0.1, 0.15) is 22.3 Å². The number of hydrogen-bond acceptors (Lipinski definition) is 3. The second kappa shape index (κ2) is 6.05. The lowest BCUT2D eigenvalue weighted by Gasteiger charge is -2.18. The van der Waals surface area contributed by atoms with Crippen molar-refractivity contribution in [3.8, 4) is 0 Å². The van der Waals surface area contributed by atoms with Crippen molar-refractivity contribution in [2.45, 2.75) is 13.3 Å². The predicted octanol–water partition coefficient (Wildman–Crippen LogP) is 0.785. The van der Waals surface area contributed by atoms with Crippen LogP contribution in [0, 0.1) is 6.92 Å². The Kier molecular flexibility index (Phi) is 4.71. The van der Waals surface area contributed by atoms with E-state index in [2.05, 4.69) is 5.32 Å². The van der Waals surface area contributed by atoms with E-state index in [-0.39, 0.29) is 11.8 Å². The lowest BCUT2D eigenvalue weighted by atomic mass is 10.1. The summed E-state index contributed by atoms with van der Waals surface area (Å²) in [5, 5.41) is 2.52. The van der Waals surface area contributed by atoms with Gasteiger partial charge in [0.15, 0.2) is 0 Å². The van der Waals surface area contributed by atoms with E-state index in [0.717, 1.165) is 5.56 Å². The van der Waals surface area contributed by atoms with Gasteiger partial charge in [-0.25, -0.2) is 0 Å². The molecule has 5 heteroatoms. The van der Waals surface area contributed by atoms with Crippen molar-refractivity contribution >= 4 is 17.5 Å². The van der Waals surface area contributed by atoms with Crippen molar-refractivity contribution in [3.05, 3.63) is 29.3 Å². The molecule has 0 atom stereocenters. The first-order chi connectivity index (χ1) is 8.47. The van der Waals surface area contributed by atoms with E-state index in [9.17, 15) is 9.59 Å². The van der Waals surface area contributed by atoms with Crippen LogP contribution in [0.5, 0.6) is 0 Å². The molecule has 3 N–H and O–H groups in total. The molecule has 0 aromatic heterocycles.